The van der Waals surface area contributed by atoms with Crippen LogP contribution in [-0.2, 0) is 52.0 Å². The quantitative estimate of drug-likeness (QED) is 0.0324. The maximum Gasteiger partial charge on any atom is 0.410 e. The van der Waals surface area contributed by atoms with Crippen LogP contribution in [0.1, 0.15) is 97.8 Å². The maximum atomic E-state index is 12.6. The molecule has 22 rings (SSSR count). The Morgan fingerprint density at radius 2 is 0.707 bits per heavy atom. The van der Waals surface area contributed by atoms with Gasteiger partial charge in [-0.3, -0.25) is 38.7 Å². The Balaban J connectivity index is 0.000000144. The molecule has 4 aliphatic heterocycles. The highest BCUT2D eigenvalue weighted by Crippen LogP contribution is 2.41. The molecule has 45 heteroatoms. The van der Waals surface area contributed by atoms with E-state index in [1.54, 1.807) is 123 Å². The number of thiazole rings is 4. The number of aryl methyl sites for hydroxylation is 4. The summed E-state index contributed by atoms with van der Waals surface area (Å²) in [6, 6.07) is 39.8. The largest absolute Gasteiger partial charge is 0.457 e. The van der Waals surface area contributed by atoms with Gasteiger partial charge in [0.05, 0.1) is 98.9 Å². The molecule has 0 spiro atoms. The normalized spacial score (nSPS) is 17.0. The van der Waals surface area contributed by atoms with E-state index in [2.05, 4.69) is 72.2 Å². The number of pyridine rings is 4. The minimum absolute atomic E-state index is 0. The van der Waals surface area contributed by atoms with Crippen molar-refractivity contribution in [3.8, 4) is 91.0 Å². The molecule has 2 saturated carbocycles. The summed E-state index contributed by atoms with van der Waals surface area (Å²) in [6.07, 6.45) is 33.1. The van der Waals surface area contributed by atoms with Crippen LogP contribution in [0.5, 0.6) is 46.0 Å². The molecule has 34 nitrogen and oxygen atoms in total. The summed E-state index contributed by atoms with van der Waals surface area (Å²) >= 11 is 6.46. The zero-order valence-electron chi connectivity index (χ0n) is 78.0. The SMILES string of the molecule is Cn1cc(-c2cc(Oc3ccc4nc(N[C@H]5CCCN(C(=O)OC(C)(C)C)C5)sc4c3)ccn2)cn1.Cn1cc(-c2cc(Oc3ccc4nc(N[C@H]5CCCN(S(=O)(=O)C6CC6)C5)sc4c3)ccn2)cn1.Cn1cc(-c2cc(Oc3ccc4nc(N[C@H]5CCCNC5)sc4c3)ccn2)cn1.Cn1cc(-c2cc(Oc3ccc4nc(N[C@H]5CCCNC5)sc4c3)ccn2)cn1.O=S(=O)(Cl)C1CC1.S.S.S.S. The average molecular weight is 2110 g/mol. The summed E-state index contributed by atoms with van der Waals surface area (Å²) in [6.45, 7) is 12.3. The zero-order valence-corrected chi connectivity index (χ0v) is 87.7. The van der Waals surface area contributed by atoms with E-state index in [0.717, 1.165) is 218 Å². The Labute approximate surface area is 860 Å². The van der Waals surface area contributed by atoms with Crippen LogP contribution in [0.2, 0.25) is 0 Å². The Bertz CT molecular complexity index is 6930. The van der Waals surface area contributed by atoms with Crippen molar-refractivity contribution in [2.24, 2.45) is 28.2 Å². The predicted octanol–water partition coefficient (Wildman–Crippen LogP) is 19.2. The van der Waals surface area contributed by atoms with Gasteiger partial charge in [0.15, 0.2) is 20.5 Å². The molecule has 140 heavy (non-hydrogen) atoms. The van der Waals surface area contributed by atoms with Crippen LogP contribution in [0.15, 0.2) is 196 Å². The summed E-state index contributed by atoms with van der Waals surface area (Å²) < 4.78 is 88.5. The molecule has 2 aliphatic carbocycles. The Morgan fingerprint density at radius 1 is 0.400 bits per heavy atom. The van der Waals surface area contributed by atoms with Crippen molar-refractivity contribution in [3.05, 3.63) is 196 Å². The second kappa shape index (κ2) is 47.3. The zero-order chi connectivity index (χ0) is 94.0. The highest BCUT2D eigenvalue weighted by Gasteiger charge is 2.42. The molecule has 6 fully saturated rings. The summed E-state index contributed by atoms with van der Waals surface area (Å²) in [5.74, 6) is 5.91. The van der Waals surface area contributed by atoms with Crippen molar-refractivity contribution in [2.45, 2.75) is 138 Å². The van der Waals surface area contributed by atoms with E-state index in [1.807, 2.05) is 195 Å². The fraction of sp³-hybridized carbons (Fsp3) is 0.358. The van der Waals surface area contributed by atoms with Crippen LogP contribution in [0.3, 0.4) is 0 Å². The van der Waals surface area contributed by atoms with Crippen molar-refractivity contribution in [1.29, 1.82) is 0 Å². The number of anilines is 4. The first kappa shape index (κ1) is 105. The van der Waals surface area contributed by atoms with E-state index in [0.29, 0.717) is 49.8 Å². The van der Waals surface area contributed by atoms with Gasteiger partial charge in [-0.2, -0.15) is 78.7 Å². The van der Waals surface area contributed by atoms with Gasteiger partial charge in [-0.1, -0.05) is 45.3 Å². The number of aromatic nitrogens is 16. The van der Waals surface area contributed by atoms with Gasteiger partial charge in [-0.05, 0) is 184 Å². The molecule has 1 amide bonds. The number of benzene rings is 4. The summed E-state index contributed by atoms with van der Waals surface area (Å²) in [7, 11) is 6.13. The molecule has 4 atom stereocenters. The number of hydrogen-bond donors (Lipinski definition) is 6. The number of sulfonamides is 1. The standard InChI is InChI=1S/C26H30N6O3S.C24H26N6O3S2.2C21H22N6OS.C3H5ClO2S.4H2S/c1-26(2,3)35-25(33)32-11-5-6-18(16-32)29-24-30-21-8-7-19(13-23(21)36-24)34-20-9-10-27-22(12-20)17-14-28-31(4)15-17;1-29-14-16(13-26-29)22-11-19(8-9-25-22)33-18-4-7-21-23(12-18)34-24(28-21)27-17-3-2-10-30(15-17)35(31,32)20-5-6-20;2*1-27-13-14(11-24-27)19-9-17(6-8-23-19)28-16-4-5-18-20(10-16)29-21(26-18)25-15-3-2-7-22-12-15;4-7(5,6)3-1-2-3;;;;/h7-10,12-15,18H,5-6,11,16H2,1-4H3,(H,29,30);4,7-9,11-14,17,20H,2-3,5-6,10,15H2,1H3,(H,27,28);2*4-6,8-11,13,15,22H,2-3,7,12H2,1H3,(H,25,26);3H,1-2H2;4*1H2/t18-;17-;2*15-;;;;;/m0000...../s1. The molecule has 0 bridgehead atoms. The van der Waals surface area contributed by atoms with E-state index in [9.17, 15) is 21.6 Å². The highest BCUT2D eigenvalue weighted by atomic mass is 35.7. The first-order valence-electron chi connectivity index (χ1n) is 45.2. The first-order chi connectivity index (χ1) is 65.7. The van der Waals surface area contributed by atoms with Crippen molar-refractivity contribution in [3.63, 3.8) is 0 Å². The van der Waals surface area contributed by atoms with Gasteiger partial charge in [0.1, 0.15) is 51.6 Å². The van der Waals surface area contributed by atoms with Crippen molar-refractivity contribution < 1.29 is 45.3 Å². The third kappa shape index (κ3) is 28.5. The van der Waals surface area contributed by atoms with Crippen LogP contribution >= 0.6 is 110 Å². The van der Waals surface area contributed by atoms with Gasteiger partial charge in [-0.25, -0.2) is 41.6 Å². The van der Waals surface area contributed by atoms with Crippen LogP contribution in [0.25, 0.3) is 85.9 Å². The molecular formula is C95H113ClN24O10S10. The second-order valence-electron chi connectivity index (χ2n) is 35.2. The Morgan fingerprint density at radius 3 is 0.993 bits per heavy atom. The third-order valence-electron chi connectivity index (χ3n) is 22.9. The number of nitrogens with zero attached hydrogens (tertiary/aromatic N) is 18. The number of nitrogens with one attached hydrogen (secondary N) is 6. The lowest BCUT2D eigenvalue weighted by atomic mass is 10.1. The number of likely N-dealkylation sites (tertiary alicyclic amines) is 1. The summed E-state index contributed by atoms with van der Waals surface area (Å²) in [4.78, 5) is 50.8. The van der Waals surface area contributed by atoms with Crippen molar-refractivity contribution in [2.75, 3.05) is 73.6 Å². The number of piperidine rings is 4. The van der Waals surface area contributed by atoms with Gasteiger partial charge < -0.3 is 60.5 Å². The molecule has 0 unspecified atom stereocenters. The number of ether oxygens (including phenoxy) is 5. The third-order valence-corrected chi connectivity index (χ3v) is 31.1. The highest BCUT2D eigenvalue weighted by molar-refractivity contribution is 8.14. The van der Waals surface area contributed by atoms with E-state index in [4.69, 9.17) is 54.3 Å². The molecule has 6 N–H and O–H groups in total. The van der Waals surface area contributed by atoms with Gasteiger partial charge in [0, 0.05) is 223 Å². The summed E-state index contributed by atoms with van der Waals surface area (Å²) in [5.41, 5.74) is 10.3. The van der Waals surface area contributed by atoms with Crippen LogP contribution in [-0.4, -0.2) is 204 Å². The molecule has 0 radical (unpaired) electrons. The molecule has 740 valence electrons. The number of hydrogen-bond acceptors (Lipinski definition) is 32. The monoisotopic (exact) mass is 2100 g/mol. The van der Waals surface area contributed by atoms with E-state index in [1.165, 1.54) is 25.7 Å². The second-order valence-corrected chi connectivity index (χ2v) is 44.4. The van der Waals surface area contributed by atoms with Crippen molar-refractivity contribution >= 4 is 197 Å². The van der Waals surface area contributed by atoms with Crippen molar-refractivity contribution in [1.82, 2.24) is 98.8 Å². The minimum atomic E-state index is -3.16. The van der Waals surface area contributed by atoms with Gasteiger partial charge >= 0.3 is 6.09 Å². The van der Waals surface area contributed by atoms with Gasteiger partial charge in [0.25, 0.3) is 0 Å². The Kier molecular flexibility index (Phi) is 35.4. The van der Waals surface area contributed by atoms with Crippen LogP contribution < -0.4 is 50.8 Å². The van der Waals surface area contributed by atoms with Gasteiger partial charge in [0.2, 0.25) is 19.1 Å². The predicted molar refractivity (Wildman–Crippen MR) is 577 cm³/mol. The molecule has 6 aliphatic rings. The van der Waals surface area contributed by atoms with E-state index in [-0.39, 0.29) is 82.7 Å². The average Bonchev–Trinajstić information content (AvgIpc) is 1.71. The minimum Gasteiger partial charge on any atom is -0.457 e. The van der Waals surface area contributed by atoms with Gasteiger partial charge in [-0.15, -0.1) is 0 Å². The summed E-state index contributed by atoms with van der Waals surface area (Å²) in [5, 5.41) is 41.0. The van der Waals surface area contributed by atoms with Crippen LogP contribution in [0, 0.1) is 0 Å². The smallest absolute Gasteiger partial charge is 0.410 e. The number of carbonyl (C=O) groups is 1. The van der Waals surface area contributed by atoms with E-state index >= 15 is 0 Å². The number of halogens is 1. The molecular weight excluding hydrogens is 1990 g/mol. The Hall–Kier alpha value is -11.0. The molecule has 16 aromatic rings. The number of fused-ring (bicyclic) bond motifs is 4. The molecule has 16 heterocycles. The lowest BCUT2D eigenvalue weighted by Gasteiger charge is -2.34. The number of amides is 1. The first-order valence-corrected chi connectivity index (χ1v) is 52.4. The van der Waals surface area contributed by atoms with E-state index < -0.39 is 24.7 Å². The number of rotatable bonds is 23. The fourth-order valence-corrected chi connectivity index (χ4v) is 22.9. The molecule has 4 saturated heterocycles. The maximum absolute atomic E-state index is 12.6. The molecule has 12 aromatic heterocycles. The lowest BCUT2D eigenvalue weighted by Crippen LogP contribution is -2.46. The number of carbonyl (C=O) groups excluding carboxylic acids is 1. The lowest BCUT2D eigenvalue weighted by molar-refractivity contribution is 0.0206. The van der Waals surface area contributed by atoms with Crippen LogP contribution in [0.4, 0.5) is 25.3 Å². The topological polar surface area (TPSA) is 385 Å². The fourth-order valence-electron chi connectivity index (χ4n) is 15.9. The molecule has 4 aromatic carbocycles.